The number of anilines is 1. The number of carbonyl (C=O) groups is 1. The lowest BCUT2D eigenvalue weighted by atomic mass is 9.92. The average Bonchev–Trinajstić information content (AvgIpc) is 2.49. The summed E-state index contributed by atoms with van der Waals surface area (Å²) in [6.07, 6.45) is 0.634. The molecule has 1 aliphatic rings. The minimum Gasteiger partial charge on any atom is -0.506 e. The number of aryl methyl sites for hydroxylation is 1. The van der Waals surface area contributed by atoms with Crippen LogP contribution in [0.5, 0.6) is 11.5 Å². The summed E-state index contributed by atoms with van der Waals surface area (Å²) in [5, 5.41) is 12.7. The number of amides is 1. The van der Waals surface area contributed by atoms with E-state index in [-0.39, 0.29) is 17.6 Å². The lowest BCUT2D eigenvalue weighted by molar-refractivity contribution is -0.118. The average molecular weight is 283 g/mol. The monoisotopic (exact) mass is 283 g/mol. The van der Waals surface area contributed by atoms with Crippen molar-refractivity contribution in [3.8, 4) is 11.5 Å². The standard InChI is InChI=1S/C17H17NO3/c1-11-6-7-14(15(19)10-11)18-17(20)13-8-9-21-16-5-3-2-4-12(13)16/h2-7,10,13,19H,8-9H2,1H3,(H,18,20). The molecule has 0 bridgehead atoms. The normalized spacial score (nSPS) is 16.7. The van der Waals surface area contributed by atoms with Gasteiger partial charge >= 0.3 is 0 Å². The Labute approximate surface area is 123 Å². The molecule has 4 heteroatoms. The summed E-state index contributed by atoms with van der Waals surface area (Å²) >= 11 is 0. The summed E-state index contributed by atoms with van der Waals surface area (Å²) in [7, 11) is 0. The maximum Gasteiger partial charge on any atom is 0.232 e. The van der Waals surface area contributed by atoms with Gasteiger partial charge in [-0.1, -0.05) is 24.3 Å². The van der Waals surface area contributed by atoms with E-state index in [1.165, 1.54) is 0 Å². The molecule has 0 aliphatic carbocycles. The molecule has 2 aromatic rings. The summed E-state index contributed by atoms with van der Waals surface area (Å²) in [5.41, 5.74) is 2.28. The van der Waals surface area contributed by atoms with Crippen molar-refractivity contribution in [1.29, 1.82) is 0 Å². The molecule has 4 nitrogen and oxygen atoms in total. The van der Waals surface area contributed by atoms with Gasteiger partial charge in [0.15, 0.2) is 0 Å². The zero-order valence-corrected chi connectivity index (χ0v) is 11.8. The molecule has 0 radical (unpaired) electrons. The summed E-state index contributed by atoms with van der Waals surface area (Å²) in [6, 6.07) is 12.8. The van der Waals surface area contributed by atoms with E-state index < -0.39 is 0 Å². The lowest BCUT2D eigenvalue weighted by Gasteiger charge is -2.25. The number of phenols is 1. The fourth-order valence-electron chi connectivity index (χ4n) is 2.58. The Bertz CT molecular complexity index is 681. The van der Waals surface area contributed by atoms with Crippen LogP contribution in [-0.2, 0) is 4.79 Å². The van der Waals surface area contributed by atoms with Gasteiger partial charge in [-0.15, -0.1) is 0 Å². The number of aromatic hydroxyl groups is 1. The predicted molar refractivity (Wildman–Crippen MR) is 80.8 cm³/mol. The van der Waals surface area contributed by atoms with E-state index >= 15 is 0 Å². The highest BCUT2D eigenvalue weighted by atomic mass is 16.5. The number of fused-ring (bicyclic) bond motifs is 1. The number of benzene rings is 2. The number of carbonyl (C=O) groups excluding carboxylic acids is 1. The van der Waals surface area contributed by atoms with Gasteiger partial charge in [0, 0.05) is 5.56 Å². The zero-order chi connectivity index (χ0) is 14.8. The molecule has 3 rings (SSSR count). The number of rotatable bonds is 2. The van der Waals surface area contributed by atoms with Crippen LogP contribution in [-0.4, -0.2) is 17.6 Å². The van der Waals surface area contributed by atoms with Gasteiger partial charge in [0.05, 0.1) is 18.2 Å². The molecule has 2 N–H and O–H groups in total. The number of phenolic OH excluding ortho intramolecular Hbond substituents is 1. The minimum absolute atomic E-state index is 0.0868. The fraction of sp³-hybridized carbons (Fsp3) is 0.235. The molecule has 21 heavy (non-hydrogen) atoms. The third kappa shape index (κ3) is 2.70. The molecule has 0 fully saturated rings. The van der Waals surface area contributed by atoms with E-state index in [1.54, 1.807) is 12.1 Å². The summed E-state index contributed by atoms with van der Waals surface area (Å²) in [5.74, 6) is 0.473. The molecular formula is C17H17NO3. The van der Waals surface area contributed by atoms with Crippen molar-refractivity contribution in [3.05, 3.63) is 53.6 Å². The first-order valence-corrected chi connectivity index (χ1v) is 6.97. The van der Waals surface area contributed by atoms with E-state index in [9.17, 15) is 9.90 Å². The molecule has 0 spiro atoms. The second-order valence-electron chi connectivity index (χ2n) is 5.24. The van der Waals surface area contributed by atoms with Crippen LogP contribution >= 0.6 is 0 Å². The molecule has 1 unspecified atom stereocenters. The highest BCUT2D eigenvalue weighted by molar-refractivity contribution is 5.97. The number of ether oxygens (including phenoxy) is 1. The quantitative estimate of drug-likeness (QED) is 0.832. The van der Waals surface area contributed by atoms with Gasteiger partial charge in [-0.05, 0) is 37.1 Å². The number of hydrogen-bond donors (Lipinski definition) is 2. The summed E-state index contributed by atoms with van der Waals surface area (Å²) in [4.78, 5) is 12.5. The smallest absolute Gasteiger partial charge is 0.232 e. The van der Waals surface area contributed by atoms with Crippen molar-refractivity contribution in [2.45, 2.75) is 19.3 Å². The number of nitrogens with one attached hydrogen (secondary N) is 1. The first-order chi connectivity index (χ1) is 10.1. The molecule has 1 heterocycles. The Balaban J connectivity index is 1.83. The molecule has 1 atom stereocenters. The Hall–Kier alpha value is -2.49. The van der Waals surface area contributed by atoms with Crippen LogP contribution in [0.3, 0.4) is 0 Å². The largest absolute Gasteiger partial charge is 0.506 e. The van der Waals surface area contributed by atoms with Gasteiger partial charge in [-0.3, -0.25) is 4.79 Å². The van der Waals surface area contributed by atoms with Gasteiger partial charge in [-0.25, -0.2) is 0 Å². The van der Waals surface area contributed by atoms with E-state index in [2.05, 4.69) is 5.32 Å². The topological polar surface area (TPSA) is 58.6 Å². The zero-order valence-electron chi connectivity index (χ0n) is 11.8. The van der Waals surface area contributed by atoms with Crippen LogP contribution in [0, 0.1) is 6.92 Å². The van der Waals surface area contributed by atoms with Crippen molar-refractivity contribution in [2.75, 3.05) is 11.9 Å². The van der Waals surface area contributed by atoms with Gasteiger partial charge < -0.3 is 15.2 Å². The lowest BCUT2D eigenvalue weighted by Crippen LogP contribution is -2.26. The second kappa shape index (κ2) is 5.48. The number of para-hydroxylation sites is 1. The molecule has 108 valence electrons. The van der Waals surface area contributed by atoms with E-state index in [0.717, 1.165) is 16.9 Å². The predicted octanol–water partition coefficient (Wildman–Crippen LogP) is 3.21. The highest BCUT2D eigenvalue weighted by Gasteiger charge is 2.27. The van der Waals surface area contributed by atoms with E-state index in [4.69, 9.17) is 4.74 Å². The highest BCUT2D eigenvalue weighted by Crippen LogP contribution is 2.35. The van der Waals surface area contributed by atoms with Gasteiger partial charge in [0.25, 0.3) is 0 Å². The second-order valence-corrected chi connectivity index (χ2v) is 5.24. The molecule has 0 aromatic heterocycles. The van der Waals surface area contributed by atoms with Crippen LogP contribution in [0.4, 0.5) is 5.69 Å². The van der Waals surface area contributed by atoms with Crippen molar-refractivity contribution in [3.63, 3.8) is 0 Å². The van der Waals surface area contributed by atoms with E-state index in [0.29, 0.717) is 18.7 Å². The van der Waals surface area contributed by atoms with Crippen LogP contribution < -0.4 is 10.1 Å². The Morgan fingerprint density at radius 3 is 2.90 bits per heavy atom. The van der Waals surface area contributed by atoms with E-state index in [1.807, 2.05) is 37.3 Å². The third-order valence-electron chi connectivity index (χ3n) is 3.69. The third-order valence-corrected chi connectivity index (χ3v) is 3.69. The van der Waals surface area contributed by atoms with Crippen LogP contribution in [0.25, 0.3) is 0 Å². The molecule has 2 aromatic carbocycles. The summed E-state index contributed by atoms with van der Waals surface area (Å²) < 4.78 is 5.56. The molecule has 0 saturated carbocycles. The number of hydrogen-bond acceptors (Lipinski definition) is 3. The Morgan fingerprint density at radius 1 is 1.29 bits per heavy atom. The first kappa shape index (κ1) is 13.5. The Kier molecular flexibility index (Phi) is 3.52. The maximum atomic E-state index is 12.5. The fourth-order valence-corrected chi connectivity index (χ4v) is 2.58. The SMILES string of the molecule is Cc1ccc(NC(=O)C2CCOc3ccccc32)c(O)c1. The van der Waals surface area contributed by atoms with Gasteiger partial charge in [-0.2, -0.15) is 0 Å². The van der Waals surface area contributed by atoms with Gasteiger partial charge in [0.1, 0.15) is 11.5 Å². The van der Waals surface area contributed by atoms with Crippen molar-refractivity contribution >= 4 is 11.6 Å². The van der Waals surface area contributed by atoms with Crippen molar-refractivity contribution in [2.24, 2.45) is 0 Å². The molecule has 1 aliphatic heterocycles. The van der Waals surface area contributed by atoms with Gasteiger partial charge in [0.2, 0.25) is 5.91 Å². The Morgan fingerprint density at radius 2 is 2.10 bits per heavy atom. The van der Waals surface area contributed by atoms with Crippen LogP contribution in [0.15, 0.2) is 42.5 Å². The molecular weight excluding hydrogens is 266 g/mol. The van der Waals surface area contributed by atoms with Crippen LogP contribution in [0.2, 0.25) is 0 Å². The molecule has 1 amide bonds. The maximum absolute atomic E-state index is 12.5. The first-order valence-electron chi connectivity index (χ1n) is 6.97. The van der Waals surface area contributed by atoms with Crippen LogP contribution in [0.1, 0.15) is 23.5 Å². The summed E-state index contributed by atoms with van der Waals surface area (Å²) in [6.45, 7) is 2.41. The molecule has 0 saturated heterocycles. The van der Waals surface area contributed by atoms with Crippen molar-refractivity contribution < 1.29 is 14.6 Å². The van der Waals surface area contributed by atoms with Crippen molar-refractivity contribution in [1.82, 2.24) is 0 Å². The minimum atomic E-state index is -0.254.